The number of aromatic nitrogens is 2. The van der Waals surface area contributed by atoms with Crippen molar-refractivity contribution in [3.05, 3.63) is 18.2 Å². The van der Waals surface area contributed by atoms with Crippen LogP contribution in [0.2, 0.25) is 0 Å². The van der Waals surface area contributed by atoms with Crippen LogP contribution >= 0.6 is 11.8 Å². The number of nitrogens with one attached hydrogen (secondary N) is 1. The van der Waals surface area contributed by atoms with Gasteiger partial charge < -0.3 is 19.2 Å². The summed E-state index contributed by atoms with van der Waals surface area (Å²) in [6.07, 6.45) is 3.45. The summed E-state index contributed by atoms with van der Waals surface area (Å²) in [5.41, 5.74) is 0.755. The summed E-state index contributed by atoms with van der Waals surface area (Å²) in [5.74, 6) is 2.91. The molecule has 1 aromatic carbocycles. The maximum atomic E-state index is 12.6. The van der Waals surface area contributed by atoms with Gasteiger partial charge in [-0.05, 0) is 43.4 Å². The summed E-state index contributed by atoms with van der Waals surface area (Å²) in [6.45, 7) is 6.57. The average Bonchev–Trinajstić information content (AvgIpc) is 3.34. The van der Waals surface area contributed by atoms with E-state index in [1.165, 1.54) is 24.6 Å². The Balaban J connectivity index is 1.37. The molecular formula is C20H25N3O4S. The lowest BCUT2D eigenvalue weighted by Crippen LogP contribution is -2.46. The third-order valence-electron chi connectivity index (χ3n) is 5.71. The van der Waals surface area contributed by atoms with Crippen molar-refractivity contribution in [3.63, 3.8) is 0 Å². The number of fused-ring (bicyclic) bond motifs is 1. The zero-order valence-corrected chi connectivity index (χ0v) is 17.1. The van der Waals surface area contributed by atoms with E-state index in [9.17, 15) is 4.79 Å². The molecule has 0 unspecified atom stereocenters. The molecule has 1 amide bonds. The average molecular weight is 404 g/mol. The molecule has 0 saturated heterocycles. The number of amides is 1. The van der Waals surface area contributed by atoms with E-state index < -0.39 is 0 Å². The Kier molecular flexibility index (Phi) is 5.48. The number of benzene rings is 1. The summed E-state index contributed by atoms with van der Waals surface area (Å²) in [6, 6.07) is 5.71. The van der Waals surface area contributed by atoms with Gasteiger partial charge in [-0.2, -0.15) is 0 Å². The molecule has 0 bridgehead atoms. The van der Waals surface area contributed by atoms with Gasteiger partial charge in [0.2, 0.25) is 18.6 Å². The van der Waals surface area contributed by atoms with Crippen molar-refractivity contribution in [3.8, 4) is 23.0 Å². The second-order valence-corrected chi connectivity index (χ2v) is 8.88. The van der Waals surface area contributed by atoms with E-state index in [1.54, 1.807) is 0 Å². The first-order valence-electron chi connectivity index (χ1n) is 9.72. The minimum Gasteiger partial charge on any atom is -0.454 e. The summed E-state index contributed by atoms with van der Waals surface area (Å²) >= 11 is 1.27. The van der Waals surface area contributed by atoms with Crippen molar-refractivity contribution >= 4 is 17.7 Å². The molecule has 28 heavy (non-hydrogen) atoms. The van der Waals surface area contributed by atoms with Crippen LogP contribution < -0.4 is 14.8 Å². The van der Waals surface area contributed by atoms with E-state index in [2.05, 4.69) is 29.4 Å². The van der Waals surface area contributed by atoms with Gasteiger partial charge in [-0.1, -0.05) is 38.5 Å². The third-order valence-corrected chi connectivity index (χ3v) is 6.64. The monoisotopic (exact) mass is 403 g/mol. The van der Waals surface area contributed by atoms with E-state index >= 15 is 0 Å². The van der Waals surface area contributed by atoms with E-state index in [0.717, 1.165) is 12.0 Å². The first-order chi connectivity index (χ1) is 13.5. The van der Waals surface area contributed by atoms with Crippen LogP contribution in [0.5, 0.6) is 11.5 Å². The first-order valence-corrected chi connectivity index (χ1v) is 10.6. The topological polar surface area (TPSA) is 86.5 Å². The highest BCUT2D eigenvalue weighted by Gasteiger charge is 2.30. The minimum atomic E-state index is -0.311. The van der Waals surface area contributed by atoms with Gasteiger partial charge in [0.15, 0.2) is 11.5 Å². The van der Waals surface area contributed by atoms with Crippen molar-refractivity contribution in [1.82, 2.24) is 15.5 Å². The molecule has 1 N–H and O–H groups in total. The predicted molar refractivity (Wildman–Crippen MR) is 105 cm³/mol. The van der Waals surface area contributed by atoms with Gasteiger partial charge in [-0.3, -0.25) is 4.79 Å². The standard InChI is InChI=1S/C20H25N3O4S/c1-11-5-4-6-15(12(11)2)21-18(24)13(3)28-20-23-22-19(27-20)14-7-8-16-17(9-14)26-10-25-16/h7-9,11-13,15H,4-6,10H2,1-3H3,(H,21,24)/t11-,12-,13-,15-/m1/s1. The van der Waals surface area contributed by atoms with Gasteiger partial charge in [0.05, 0.1) is 5.25 Å². The zero-order chi connectivity index (χ0) is 19.7. The van der Waals surface area contributed by atoms with Crippen LogP contribution in [0.25, 0.3) is 11.5 Å². The highest BCUT2D eigenvalue weighted by molar-refractivity contribution is 8.00. The number of hydrogen-bond donors (Lipinski definition) is 1. The quantitative estimate of drug-likeness (QED) is 0.758. The number of hydrogen-bond acceptors (Lipinski definition) is 7. The SMILES string of the molecule is C[C@@H]1[C@H](C)CCC[C@H]1NC(=O)[C@@H](C)Sc1nnc(-c2ccc3c(c2)OCO3)o1. The van der Waals surface area contributed by atoms with Crippen molar-refractivity contribution < 1.29 is 18.7 Å². The predicted octanol–water partition coefficient (Wildman–Crippen LogP) is 3.89. The van der Waals surface area contributed by atoms with Gasteiger partial charge in [0.25, 0.3) is 5.22 Å². The molecule has 150 valence electrons. The van der Waals surface area contributed by atoms with Crippen molar-refractivity contribution in [2.45, 2.75) is 56.5 Å². The molecule has 1 aliphatic heterocycles. The number of carbonyl (C=O) groups is 1. The first kappa shape index (κ1) is 19.1. The van der Waals surface area contributed by atoms with Crippen LogP contribution in [0, 0.1) is 11.8 Å². The van der Waals surface area contributed by atoms with Crippen LogP contribution in [-0.2, 0) is 4.79 Å². The lowest BCUT2D eigenvalue weighted by Gasteiger charge is -2.35. The summed E-state index contributed by atoms with van der Waals surface area (Å²) in [4.78, 5) is 12.6. The minimum absolute atomic E-state index is 0.0128. The van der Waals surface area contributed by atoms with E-state index in [-0.39, 0.29) is 24.0 Å². The normalized spacial score (nSPS) is 24.8. The maximum Gasteiger partial charge on any atom is 0.277 e. The fourth-order valence-corrected chi connectivity index (χ4v) is 4.39. The molecule has 4 rings (SSSR count). The maximum absolute atomic E-state index is 12.6. The molecule has 1 aromatic heterocycles. The lowest BCUT2D eigenvalue weighted by molar-refractivity contribution is -0.121. The highest BCUT2D eigenvalue weighted by Crippen LogP contribution is 2.36. The lowest BCUT2D eigenvalue weighted by atomic mass is 9.78. The molecule has 0 spiro atoms. The van der Waals surface area contributed by atoms with E-state index in [0.29, 0.717) is 34.4 Å². The largest absolute Gasteiger partial charge is 0.454 e. The second kappa shape index (κ2) is 8.03. The van der Waals surface area contributed by atoms with Crippen LogP contribution in [0.15, 0.2) is 27.8 Å². The molecular weight excluding hydrogens is 378 g/mol. The number of thioether (sulfide) groups is 1. The molecule has 2 aliphatic rings. The van der Waals surface area contributed by atoms with Crippen LogP contribution in [0.3, 0.4) is 0 Å². The highest BCUT2D eigenvalue weighted by atomic mass is 32.2. The van der Waals surface area contributed by atoms with Gasteiger partial charge in [0, 0.05) is 11.6 Å². The smallest absolute Gasteiger partial charge is 0.277 e. The Morgan fingerprint density at radius 1 is 1.21 bits per heavy atom. The van der Waals surface area contributed by atoms with Crippen LogP contribution in [0.4, 0.5) is 0 Å². The zero-order valence-electron chi connectivity index (χ0n) is 16.3. The van der Waals surface area contributed by atoms with Crippen LogP contribution in [0.1, 0.15) is 40.0 Å². The molecule has 7 nitrogen and oxygen atoms in total. The van der Waals surface area contributed by atoms with Crippen molar-refractivity contribution in [2.75, 3.05) is 6.79 Å². The van der Waals surface area contributed by atoms with E-state index in [4.69, 9.17) is 13.9 Å². The third kappa shape index (κ3) is 3.97. The van der Waals surface area contributed by atoms with Gasteiger partial charge in [-0.25, -0.2) is 0 Å². The van der Waals surface area contributed by atoms with Crippen LogP contribution in [-0.4, -0.2) is 34.2 Å². The molecule has 1 aliphatic carbocycles. The Bertz CT molecular complexity index is 856. The molecule has 4 atom stereocenters. The summed E-state index contributed by atoms with van der Waals surface area (Å²) in [5, 5.41) is 11.4. The van der Waals surface area contributed by atoms with Gasteiger partial charge in [0.1, 0.15) is 0 Å². The Morgan fingerprint density at radius 3 is 2.89 bits per heavy atom. The van der Waals surface area contributed by atoms with Gasteiger partial charge >= 0.3 is 0 Å². The molecule has 0 radical (unpaired) electrons. The fraction of sp³-hybridized carbons (Fsp3) is 0.550. The Hall–Kier alpha value is -2.22. The van der Waals surface area contributed by atoms with Gasteiger partial charge in [-0.15, -0.1) is 10.2 Å². The summed E-state index contributed by atoms with van der Waals surface area (Å²) < 4.78 is 16.4. The molecule has 1 fully saturated rings. The molecule has 8 heteroatoms. The number of carbonyl (C=O) groups excluding carboxylic acids is 1. The Morgan fingerprint density at radius 2 is 2.04 bits per heavy atom. The summed E-state index contributed by atoms with van der Waals surface area (Å²) in [7, 11) is 0. The van der Waals surface area contributed by atoms with E-state index in [1.807, 2.05) is 25.1 Å². The number of rotatable bonds is 5. The fourth-order valence-electron chi connectivity index (χ4n) is 3.69. The van der Waals surface area contributed by atoms with Crippen molar-refractivity contribution in [2.24, 2.45) is 11.8 Å². The van der Waals surface area contributed by atoms with Crippen molar-refractivity contribution in [1.29, 1.82) is 0 Å². The number of nitrogens with zero attached hydrogens (tertiary/aromatic N) is 2. The molecule has 1 saturated carbocycles. The Labute approximate surface area is 168 Å². The number of ether oxygens (including phenoxy) is 2. The molecule has 2 aromatic rings. The molecule has 2 heterocycles. The second-order valence-electron chi connectivity index (χ2n) is 7.58.